The van der Waals surface area contributed by atoms with E-state index >= 15 is 0 Å². The van der Waals surface area contributed by atoms with Gasteiger partial charge in [-0.15, -0.1) is 0 Å². The Bertz CT molecular complexity index is 1010. The van der Waals surface area contributed by atoms with Gasteiger partial charge in [0.2, 0.25) is 11.8 Å². The highest BCUT2D eigenvalue weighted by molar-refractivity contribution is 6.04. The number of para-hydroxylation sites is 2. The summed E-state index contributed by atoms with van der Waals surface area (Å²) in [5.41, 5.74) is 3.51. The molecule has 5 heteroatoms. The van der Waals surface area contributed by atoms with Gasteiger partial charge in [0, 0.05) is 0 Å². The highest BCUT2D eigenvalue weighted by atomic mass is 16.5. The molecule has 0 saturated heterocycles. The predicted molar refractivity (Wildman–Crippen MR) is 128 cm³/mol. The van der Waals surface area contributed by atoms with Gasteiger partial charge in [0.15, 0.2) is 0 Å². The van der Waals surface area contributed by atoms with E-state index in [1.807, 2.05) is 30.3 Å². The Balaban J connectivity index is 1.66. The number of nitrogens with one attached hydrogen (secondary N) is 1. The lowest BCUT2D eigenvalue weighted by Gasteiger charge is -2.27. The second-order valence-corrected chi connectivity index (χ2v) is 9.60. The Morgan fingerprint density at radius 2 is 1.42 bits per heavy atom. The third-order valence-electron chi connectivity index (χ3n) is 5.99. The summed E-state index contributed by atoms with van der Waals surface area (Å²) in [6.45, 7) is 13.6. The molecular weight excluding hydrogens is 386 g/mol. The quantitative estimate of drug-likeness (QED) is 0.643. The normalized spacial score (nSPS) is 22.2. The first kappa shape index (κ1) is 21.4. The summed E-state index contributed by atoms with van der Waals surface area (Å²) in [7, 11) is 0. The first-order valence-corrected chi connectivity index (χ1v) is 11.2. The lowest BCUT2D eigenvalue weighted by atomic mass is 9.90. The van der Waals surface area contributed by atoms with Crippen LogP contribution < -0.4 is 5.32 Å². The van der Waals surface area contributed by atoms with E-state index in [1.54, 1.807) is 0 Å². The van der Waals surface area contributed by atoms with Crippen LogP contribution >= 0.6 is 0 Å². The molecule has 2 aromatic rings. The van der Waals surface area contributed by atoms with Gasteiger partial charge in [-0.3, -0.25) is 0 Å². The van der Waals surface area contributed by atoms with E-state index in [-0.39, 0.29) is 17.7 Å². The maximum absolute atomic E-state index is 6.32. The number of hydrogen-bond acceptors (Lipinski definition) is 5. The Labute approximate surface area is 185 Å². The minimum Gasteiger partial charge on any atom is -0.475 e. The fourth-order valence-corrected chi connectivity index (χ4v) is 4.27. The number of benzene rings is 2. The number of rotatable bonds is 6. The molecule has 2 heterocycles. The Morgan fingerprint density at radius 1 is 0.839 bits per heavy atom. The molecular formula is C26H33N3O2. The van der Waals surface area contributed by atoms with Crippen LogP contribution in [0.25, 0.3) is 0 Å². The van der Waals surface area contributed by atoms with Crippen molar-refractivity contribution < 1.29 is 9.47 Å². The fourth-order valence-electron chi connectivity index (χ4n) is 4.27. The second-order valence-electron chi connectivity index (χ2n) is 9.60. The minimum absolute atomic E-state index is 0.122. The summed E-state index contributed by atoms with van der Waals surface area (Å²) in [6, 6.07) is 16.6. The number of aliphatic imine (C=N–C) groups is 2. The van der Waals surface area contributed by atoms with Crippen LogP contribution in [0.5, 0.6) is 0 Å². The summed E-state index contributed by atoms with van der Waals surface area (Å²) >= 11 is 0. The van der Waals surface area contributed by atoms with Crippen LogP contribution in [-0.4, -0.2) is 36.1 Å². The van der Waals surface area contributed by atoms with E-state index < -0.39 is 0 Å². The molecule has 0 bridgehead atoms. The van der Waals surface area contributed by atoms with Crippen molar-refractivity contribution in [1.82, 2.24) is 0 Å². The third kappa shape index (κ3) is 4.32. The number of hydrogen-bond donors (Lipinski definition) is 1. The molecule has 0 saturated carbocycles. The summed E-state index contributed by atoms with van der Waals surface area (Å²) < 4.78 is 12.3. The van der Waals surface area contributed by atoms with Crippen molar-refractivity contribution in [3.63, 3.8) is 0 Å². The van der Waals surface area contributed by atoms with Gasteiger partial charge in [0.05, 0.1) is 34.6 Å². The van der Waals surface area contributed by atoms with E-state index in [1.165, 1.54) is 0 Å². The largest absolute Gasteiger partial charge is 0.475 e. The van der Waals surface area contributed by atoms with Crippen molar-refractivity contribution in [2.75, 3.05) is 11.9 Å². The van der Waals surface area contributed by atoms with E-state index in [0.717, 1.165) is 22.5 Å². The topological polar surface area (TPSA) is 55.2 Å². The maximum atomic E-state index is 6.32. The molecule has 1 N–H and O–H groups in total. The van der Waals surface area contributed by atoms with Crippen LogP contribution in [0, 0.1) is 11.8 Å². The Morgan fingerprint density at radius 3 is 1.94 bits per heavy atom. The van der Waals surface area contributed by atoms with E-state index in [0.29, 0.717) is 30.2 Å². The van der Waals surface area contributed by atoms with Gasteiger partial charge in [-0.05, 0) is 49.9 Å². The van der Waals surface area contributed by atoms with Crippen molar-refractivity contribution >= 4 is 23.2 Å². The predicted octanol–water partition coefficient (Wildman–Crippen LogP) is 5.81. The summed E-state index contributed by atoms with van der Waals surface area (Å²) in [4.78, 5) is 9.76. The van der Waals surface area contributed by atoms with Gasteiger partial charge in [-0.1, -0.05) is 52.0 Å². The SMILES string of the molecule is CC(C)[C@H]1COC(c2ccccc2Nc2ccccc2C2=N[C@@H](C(C)C)C(C)(C)O2)=N1. The zero-order chi connectivity index (χ0) is 22.2. The highest BCUT2D eigenvalue weighted by Crippen LogP contribution is 2.35. The molecule has 2 aliphatic rings. The molecule has 0 fully saturated rings. The zero-order valence-electron chi connectivity index (χ0n) is 19.3. The smallest absolute Gasteiger partial charge is 0.219 e. The Hall–Kier alpha value is -2.82. The molecule has 0 aromatic heterocycles. The zero-order valence-corrected chi connectivity index (χ0v) is 19.3. The molecule has 0 spiro atoms. The molecule has 0 unspecified atom stereocenters. The lowest BCUT2D eigenvalue weighted by Crippen LogP contribution is -2.36. The number of ether oxygens (including phenoxy) is 2. The summed E-state index contributed by atoms with van der Waals surface area (Å²) in [6.07, 6.45) is 0. The van der Waals surface area contributed by atoms with Crippen molar-refractivity contribution in [3.05, 3.63) is 59.7 Å². The van der Waals surface area contributed by atoms with Crippen LogP contribution in [0.3, 0.4) is 0 Å². The lowest BCUT2D eigenvalue weighted by molar-refractivity contribution is 0.0813. The van der Waals surface area contributed by atoms with E-state index in [2.05, 4.69) is 65.1 Å². The molecule has 2 aromatic carbocycles. The van der Waals surface area contributed by atoms with Gasteiger partial charge in [-0.25, -0.2) is 9.98 Å². The van der Waals surface area contributed by atoms with Gasteiger partial charge >= 0.3 is 0 Å². The maximum Gasteiger partial charge on any atom is 0.219 e. The Kier molecular flexibility index (Phi) is 5.78. The first-order chi connectivity index (χ1) is 14.8. The molecule has 4 rings (SSSR count). The van der Waals surface area contributed by atoms with Crippen LogP contribution in [-0.2, 0) is 9.47 Å². The van der Waals surface area contributed by atoms with Crippen molar-refractivity contribution in [3.8, 4) is 0 Å². The molecule has 2 aliphatic heterocycles. The first-order valence-electron chi connectivity index (χ1n) is 11.2. The number of anilines is 2. The van der Waals surface area contributed by atoms with Crippen LogP contribution in [0.15, 0.2) is 58.5 Å². The molecule has 2 atom stereocenters. The summed E-state index contributed by atoms with van der Waals surface area (Å²) in [5.74, 6) is 2.25. The fraction of sp³-hybridized carbons (Fsp3) is 0.462. The molecule has 0 radical (unpaired) electrons. The van der Waals surface area contributed by atoms with Crippen LogP contribution in [0.2, 0.25) is 0 Å². The second kappa shape index (κ2) is 8.37. The average Bonchev–Trinajstić information content (AvgIpc) is 3.33. The molecule has 0 amide bonds. The average molecular weight is 420 g/mol. The van der Waals surface area contributed by atoms with Crippen LogP contribution in [0.4, 0.5) is 11.4 Å². The minimum atomic E-state index is -0.327. The highest BCUT2D eigenvalue weighted by Gasteiger charge is 2.41. The van der Waals surface area contributed by atoms with E-state index in [4.69, 9.17) is 19.5 Å². The third-order valence-corrected chi connectivity index (χ3v) is 5.99. The van der Waals surface area contributed by atoms with Gasteiger partial charge in [-0.2, -0.15) is 0 Å². The van der Waals surface area contributed by atoms with Crippen LogP contribution in [0.1, 0.15) is 52.7 Å². The van der Waals surface area contributed by atoms with Crippen molar-refractivity contribution in [1.29, 1.82) is 0 Å². The van der Waals surface area contributed by atoms with Gasteiger partial charge < -0.3 is 14.8 Å². The summed E-state index contributed by atoms with van der Waals surface area (Å²) in [5, 5.41) is 3.59. The molecule has 5 nitrogen and oxygen atoms in total. The molecule has 31 heavy (non-hydrogen) atoms. The number of nitrogens with zero attached hydrogens (tertiary/aromatic N) is 2. The standard InChI is InChI=1S/C26H33N3O2/c1-16(2)22-15-30-24(28-22)18-11-7-9-13-20(18)27-21-14-10-8-12-19(21)25-29-23(17(3)4)26(5,6)31-25/h7-14,16-17,22-23,27H,15H2,1-6H3/t22-,23+/m1/s1. The van der Waals surface area contributed by atoms with Crippen molar-refractivity contribution in [2.24, 2.45) is 21.8 Å². The van der Waals surface area contributed by atoms with Crippen molar-refractivity contribution in [2.45, 2.75) is 59.2 Å². The monoisotopic (exact) mass is 419 g/mol. The van der Waals surface area contributed by atoms with E-state index in [9.17, 15) is 0 Å². The van der Waals surface area contributed by atoms with Gasteiger partial charge in [0.1, 0.15) is 12.2 Å². The van der Waals surface area contributed by atoms with Gasteiger partial charge in [0.25, 0.3) is 0 Å². The molecule has 0 aliphatic carbocycles. The molecule has 164 valence electrons.